The standard InChI is InChI=1S/C29H27FN4O3S2/c1-19-5-2-3-6-22(19)34-29-26(27(31-34)23-7-4-16-38-23)28(20-8-10-21(30)11-9-20)39-18-25(36)33(29)17-24(35)32-12-14-37-15-13-32/h2-11,16,28H,12-15,17-18H2,1H3/t28-/m1/s1. The molecule has 2 aliphatic heterocycles. The van der Waals surface area contributed by atoms with Crippen LogP contribution in [-0.4, -0.2) is 65.1 Å². The first kappa shape index (κ1) is 25.8. The topological polar surface area (TPSA) is 67.7 Å². The number of amides is 2. The van der Waals surface area contributed by atoms with E-state index in [1.54, 1.807) is 33.3 Å². The molecule has 1 saturated heterocycles. The molecule has 0 unspecified atom stereocenters. The number of carbonyl (C=O) groups is 2. The van der Waals surface area contributed by atoms with Crippen molar-refractivity contribution in [2.45, 2.75) is 12.2 Å². The second kappa shape index (κ2) is 11.0. The molecule has 0 bridgehead atoms. The molecule has 1 atom stereocenters. The summed E-state index contributed by atoms with van der Waals surface area (Å²) in [5.74, 6) is 0.141. The number of hydrogen-bond acceptors (Lipinski definition) is 6. The molecule has 2 aromatic heterocycles. The van der Waals surface area contributed by atoms with Crippen molar-refractivity contribution >= 4 is 40.7 Å². The number of morpholine rings is 1. The number of nitrogens with zero attached hydrogens (tertiary/aromatic N) is 4. The Labute approximate surface area is 234 Å². The number of para-hydroxylation sites is 1. The van der Waals surface area contributed by atoms with E-state index in [0.717, 1.165) is 32.9 Å². The van der Waals surface area contributed by atoms with Crippen molar-refractivity contribution < 1.29 is 18.7 Å². The fraction of sp³-hybridized carbons (Fsp3) is 0.276. The van der Waals surface area contributed by atoms with E-state index in [1.807, 2.05) is 53.4 Å². The van der Waals surface area contributed by atoms with Crippen LogP contribution in [0.3, 0.4) is 0 Å². The third-order valence-electron chi connectivity index (χ3n) is 7.02. The third-order valence-corrected chi connectivity index (χ3v) is 9.15. The smallest absolute Gasteiger partial charge is 0.242 e. The van der Waals surface area contributed by atoms with Crippen molar-refractivity contribution in [2.75, 3.05) is 43.5 Å². The zero-order chi connectivity index (χ0) is 26.9. The van der Waals surface area contributed by atoms with Gasteiger partial charge >= 0.3 is 0 Å². The summed E-state index contributed by atoms with van der Waals surface area (Å²) >= 11 is 3.05. The van der Waals surface area contributed by atoms with E-state index in [9.17, 15) is 14.0 Å². The lowest BCUT2D eigenvalue weighted by Gasteiger charge is -2.30. The molecule has 200 valence electrons. The van der Waals surface area contributed by atoms with Crippen LogP contribution in [0.4, 0.5) is 10.2 Å². The van der Waals surface area contributed by atoms with E-state index in [-0.39, 0.29) is 35.2 Å². The molecule has 0 spiro atoms. The second-order valence-corrected chi connectivity index (χ2v) is 11.5. The highest BCUT2D eigenvalue weighted by atomic mass is 32.2. The third kappa shape index (κ3) is 4.99. The minimum atomic E-state index is -0.319. The molecule has 4 heterocycles. The molecule has 7 nitrogen and oxygen atoms in total. The molecule has 0 N–H and O–H groups in total. The summed E-state index contributed by atoms with van der Waals surface area (Å²) in [5, 5.41) is 6.81. The Hall–Kier alpha value is -3.47. The van der Waals surface area contributed by atoms with Gasteiger partial charge in [-0.3, -0.25) is 14.5 Å². The average molecular weight is 563 g/mol. The van der Waals surface area contributed by atoms with Gasteiger partial charge in [0.25, 0.3) is 0 Å². The minimum Gasteiger partial charge on any atom is -0.378 e. The van der Waals surface area contributed by atoms with Gasteiger partial charge < -0.3 is 9.64 Å². The average Bonchev–Trinajstić information content (AvgIpc) is 3.59. The summed E-state index contributed by atoms with van der Waals surface area (Å²) in [5.41, 5.74) is 4.29. The van der Waals surface area contributed by atoms with E-state index in [0.29, 0.717) is 32.1 Å². The number of hydrogen-bond donors (Lipinski definition) is 0. The van der Waals surface area contributed by atoms with Crippen LogP contribution in [0.5, 0.6) is 0 Å². The van der Waals surface area contributed by atoms with Crippen LogP contribution in [0.15, 0.2) is 66.0 Å². The number of aromatic nitrogens is 2. The zero-order valence-corrected chi connectivity index (χ0v) is 23.0. The molecule has 2 aliphatic rings. The summed E-state index contributed by atoms with van der Waals surface area (Å²) < 4.78 is 21.2. The highest BCUT2D eigenvalue weighted by molar-refractivity contribution is 8.00. The van der Waals surface area contributed by atoms with Gasteiger partial charge in [-0.1, -0.05) is 36.4 Å². The highest BCUT2D eigenvalue weighted by Crippen LogP contribution is 2.49. The molecular weight excluding hydrogens is 535 g/mol. The van der Waals surface area contributed by atoms with Crippen molar-refractivity contribution in [3.05, 3.63) is 88.6 Å². The van der Waals surface area contributed by atoms with Crippen LogP contribution >= 0.6 is 23.1 Å². The summed E-state index contributed by atoms with van der Waals surface area (Å²) in [6, 6.07) is 18.3. The van der Waals surface area contributed by atoms with Crippen LogP contribution in [0, 0.1) is 12.7 Å². The summed E-state index contributed by atoms with van der Waals surface area (Å²) in [6.07, 6.45) is 0. The number of thioether (sulfide) groups is 1. The first-order valence-corrected chi connectivity index (χ1v) is 14.7. The summed E-state index contributed by atoms with van der Waals surface area (Å²) in [4.78, 5) is 31.6. The fourth-order valence-corrected chi connectivity index (χ4v) is 6.95. The first-order chi connectivity index (χ1) is 19.0. The van der Waals surface area contributed by atoms with Crippen molar-refractivity contribution in [3.8, 4) is 16.3 Å². The molecule has 0 saturated carbocycles. The summed E-state index contributed by atoms with van der Waals surface area (Å²) in [7, 11) is 0. The second-order valence-electron chi connectivity index (χ2n) is 9.48. The summed E-state index contributed by atoms with van der Waals surface area (Å²) in [6.45, 7) is 3.87. The van der Waals surface area contributed by atoms with Crippen LogP contribution in [-0.2, 0) is 14.3 Å². The maximum atomic E-state index is 13.9. The Kier molecular flexibility index (Phi) is 7.24. The quantitative estimate of drug-likeness (QED) is 0.340. The van der Waals surface area contributed by atoms with Gasteiger partial charge in [0.1, 0.15) is 23.9 Å². The Morgan fingerprint density at radius 2 is 1.85 bits per heavy atom. The Bertz CT molecular complexity index is 1500. The van der Waals surface area contributed by atoms with E-state index in [2.05, 4.69) is 0 Å². The first-order valence-electron chi connectivity index (χ1n) is 12.8. The van der Waals surface area contributed by atoms with Crippen molar-refractivity contribution in [3.63, 3.8) is 0 Å². The fourth-order valence-electron chi connectivity index (χ4n) is 5.03. The zero-order valence-electron chi connectivity index (χ0n) is 21.4. The number of aryl methyl sites for hydroxylation is 1. The largest absolute Gasteiger partial charge is 0.378 e. The molecule has 6 rings (SSSR count). The van der Waals surface area contributed by atoms with Crippen molar-refractivity contribution in [1.29, 1.82) is 0 Å². The Morgan fingerprint density at radius 1 is 1.08 bits per heavy atom. The molecule has 1 fully saturated rings. The molecule has 2 aromatic carbocycles. The minimum absolute atomic E-state index is 0.0933. The van der Waals surface area contributed by atoms with Crippen molar-refractivity contribution in [2.24, 2.45) is 0 Å². The molecule has 4 aromatic rings. The lowest BCUT2D eigenvalue weighted by atomic mass is 10.0. The van der Waals surface area contributed by atoms with Gasteiger partial charge in [-0.25, -0.2) is 9.07 Å². The van der Waals surface area contributed by atoms with E-state index >= 15 is 0 Å². The van der Waals surface area contributed by atoms with Crippen LogP contribution in [0.1, 0.15) is 21.9 Å². The Balaban J connectivity index is 1.58. The number of halogens is 1. The lowest BCUT2D eigenvalue weighted by molar-refractivity contribution is -0.134. The molecule has 2 amide bonds. The van der Waals surface area contributed by atoms with Gasteiger partial charge in [0.15, 0.2) is 0 Å². The van der Waals surface area contributed by atoms with Gasteiger partial charge in [-0.2, -0.15) is 5.10 Å². The van der Waals surface area contributed by atoms with E-state index < -0.39 is 0 Å². The van der Waals surface area contributed by atoms with Gasteiger partial charge in [-0.05, 0) is 47.7 Å². The Morgan fingerprint density at radius 3 is 2.56 bits per heavy atom. The van der Waals surface area contributed by atoms with E-state index in [4.69, 9.17) is 9.84 Å². The van der Waals surface area contributed by atoms with Gasteiger partial charge in [-0.15, -0.1) is 23.1 Å². The van der Waals surface area contributed by atoms with Crippen LogP contribution < -0.4 is 4.90 Å². The number of ether oxygens (including phenoxy) is 1. The molecule has 0 aliphatic carbocycles. The lowest BCUT2D eigenvalue weighted by Crippen LogP contribution is -2.48. The van der Waals surface area contributed by atoms with Crippen LogP contribution in [0.25, 0.3) is 16.3 Å². The molecule has 39 heavy (non-hydrogen) atoms. The van der Waals surface area contributed by atoms with Gasteiger partial charge in [0.05, 0.1) is 34.8 Å². The van der Waals surface area contributed by atoms with E-state index in [1.165, 1.54) is 23.9 Å². The maximum absolute atomic E-state index is 13.9. The predicted molar refractivity (Wildman–Crippen MR) is 152 cm³/mol. The highest BCUT2D eigenvalue weighted by Gasteiger charge is 2.38. The number of thiophene rings is 1. The maximum Gasteiger partial charge on any atom is 0.242 e. The van der Waals surface area contributed by atoms with Crippen molar-refractivity contribution in [1.82, 2.24) is 14.7 Å². The normalized spacial score (nSPS) is 17.7. The molecular formula is C29H27FN4O3S2. The number of rotatable bonds is 5. The predicted octanol–water partition coefficient (Wildman–Crippen LogP) is 5.08. The number of carbonyl (C=O) groups excluding carboxylic acids is 2. The van der Waals surface area contributed by atoms with Gasteiger partial charge in [0, 0.05) is 18.7 Å². The molecule has 0 radical (unpaired) electrons. The number of anilines is 1. The van der Waals surface area contributed by atoms with Crippen LogP contribution in [0.2, 0.25) is 0 Å². The number of fused-ring (bicyclic) bond motifs is 1. The monoisotopic (exact) mass is 562 g/mol. The van der Waals surface area contributed by atoms with Gasteiger partial charge in [0.2, 0.25) is 11.8 Å². The molecule has 10 heteroatoms. The SMILES string of the molecule is Cc1ccccc1-n1nc(-c2cccs2)c2c1N(CC(=O)N1CCOCC1)C(=O)CS[C@@H]2c1ccc(F)cc1. The number of benzene rings is 2.